The number of thiophene rings is 1. The van der Waals surface area contributed by atoms with Crippen molar-refractivity contribution in [3.63, 3.8) is 0 Å². The highest BCUT2D eigenvalue weighted by Gasteiger charge is 2.06. The second-order valence-electron chi connectivity index (χ2n) is 4.73. The Morgan fingerprint density at radius 2 is 2.16 bits per heavy atom. The molecule has 1 nitrogen and oxygen atoms in total. The third-order valence-electron chi connectivity index (χ3n) is 2.96. The van der Waals surface area contributed by atoms with Gasteiger partial charge in [0.25, 0.3) is 0 Å². The van der Waals surface area contributed by atoms with Gasteiger partial charge in [-0.05, 0) is 60.0 Å². The van der Waals surface area contributed by atoms with E-state index in [-0.39, 0.29) is 0 Å². The smallest absolute Gasteiger partial charge is 0.0408 e. The van der Waals surface area contributed by atoms with Crippen LogP contribution in [0.4, 0.5) is 0 Å². The van der Waals surface area contributed by atoms with Gasteiger partial charge in [0.1, 0.15) is 0 Å². The van der Waals surface area contributed by atoms with Gasteiger partial charge in [0, 0.05) is 31.8 Å². The fourth-order valence-electron chi connectivity index (χ4n) is 1.97. The van der Waals surface area contributed by atoms with Gasteiger partial charge in [-0.1, -0.05) is 23.7 Å². The average Bonchev–Trinajstić information content (AvgIpc) is 2.66. The molecule has 0 bridgehead atoms. The zero-order valence-electron chi connectivity index (χ0n) is 11.0. The fourth-order valence-corrected chi connectivity index (χ4v) is 3.73. The molecule has 4 heteroatoms. The van der Waals surface area contributed by atoms with Crippen LogP contribution in [0.15, 0.2) is 34.8 Å². The Morgan fingerprint density at radius 1 is 1.37 bits per heavy atom. The van der Waals surface area contributed by atoms with Crippen molar-refractivity contribution in [2.75, 3.05) is 0 Å². The second-order valence-corrected chi connectivity index (χ2v) is 7.36. The molecule has 2 rings (SSSR count). The quantitative estimate of drug-likeness (QED) is 0.775. The van der Waals surface area contributed by atoms with E-state index in [4.69, 9.17) is 11.6 Å². The molecule has 1 N–H and O–H groups in total. The normalized spacial score (nSPS) is 12.6. The Kier molecular flexibility index (Phi) is 5.46. The lowest BCUT2D eigenvalue weighted by molar-refractivity contribution is 0.549. The first kappa shape index (κ1) is 15.0. The van der Waals surface area contributed by atoms with Crippen LogP contribution in [0.2, 0.25) is 5.02 Å². The van der Waals surface area contributed by atoms with Crippen LogP contribution < -0.4 is 5.32 Å². The molecule has 1 aromatic heterocycles. The Bertz CT molecular complexity index is 533. The average molecular weight is 359 g/mol. The zero-order chi connectivity index (χ0) is 13.8. The molecule has 102 valence electrons. The molecule has 0 aliphatic heterocycles. The second kappa shape index (κ2) is 6.89. The SMILES string of the molecule is Cc1sc(CNC(C)Cc2cccc(Cl)c2)cc1Br. The van der Waals surface area contributed by atoms with Crippen molar-refractivity contribution in [3.05, 3.63) is 55.1 Å². The summed E-state index contributed by atoms with van der Waals surface area (Å²) in [7, 11) is 0. The van der Waals surface area contributed by atoms with E-state index < -0.39 is 0 Å². The highest BCUT2D eigenvalue weighted by atomic mass is 79.9. The van der Waals surface area contributed by atoms with Gasteiger partial charge in [0.2, 0.25) is 0 Å². The van der Waals surface area contributed by atoms with E-state index in [2.05, 4.69) is 47.2 Å². The van der Waals surface area contributed by atoms with Crippen molar-refractivity contribution in [2.24, 2.45) is 0 Å². The number of hydrogen-bond donors (Lipinski definition) is 1. The van der Waals surface area contributed by atoms with Crippen LogP contribution in [-0.4, -0.2) is 6.04 Å². The lowest BCUT2D eigenvalue weighted by atomic mass is 10.1. The Labute approximate surface area is 132 Å². The topological polar surface area (TPSA) is 12.0 Å². The van der Waals surface area contributed by atoms with E-state index in [1.54, 1.807) is 0 Å². The maximum absolute atomic E-state index is 6.00. The Morgan fingerprint density at radius 3 is 2.79 bits per heavy atom. The fraction of sp³-hybridized carbons (Fsp3) is 0.333. The van der Waals surface area contributed by atoms with Crippen molar-refractivity contribution in [2.45, 2.75) is 32.9 Å². The molecule has 19 heavy (non-hydrogen) atoms. The first-order valence-corrected chi connectivity index (χ1v) is 8.26. The van der Waals surface area contributed by atoms with Crippen LogP contribution in [0.5, 0.6) is 0 Å². The predicted molar refractivity (Wildman–Crippen MR) is 88.2 cm³/mol. The first-order chi connectivity index (χ1) is 9.04. The zero-order valence-corrected chi connectivity index (χ0v) is 14.2. The van der Waals surface area contributed by atoms with Crippen molar-refractivity contribution >= 4 is 38.9 Å². The van der Waals surface area contributed by atoms with E-state index in [1.165, 1.54) is 19.8 Å². The van der Waals surface area contributed by atoms with Crippen LogP contribution in [0.1, 0.15) is 22.2 Å². The Hall–Kier alpha value is -0.350. The minimum atomic E-state index is 0.430. The van der Waals surface area contributed by atoms with Gasteiger partial charge in [0.15, 0.2) is 0 Å². The molecule has 0 saturated heterocycles. The highest BCUT2D eigenvalue weighted by Crippen LogP contribution is 2.26. The van der Waals surface area contributed by atoms with Crippen LogP contribution >= 0.6 is 38.9 Å². The van der Waals surface area contributed by atoms with Gasteiger partial charge in [0.05, 0.1) is 0 Å². The summed E-state index contributed by atoms with van der Waals surface area (Å²) in [5.41, 5.74) is 1.27. The number of halogens is 2. The summed E-state index contributed by atoms with van der Waals surface area (Å²) in [5, 5.41) is 4.36. The molecule has 2 aromatic rings. The number of aryl methyl sites for hydroxylation is 1. The number of benzene rings is 1. The molecule has 0 aliphatic carbocycles. The molecule has 0 fully saturated rings. The number of hydrogen-bond acceptors (Lipinski definition) is 2. The molecule has 0 spiro atoms. The molecule has 0 amide bonds. The molecule has 0 saturated carbocycles. The maximum Gasteiger partial charge on any atom is 0.0408 e. The summed E-state index contributed by atoms with van der Waals surface area (Å²) < 4.78 is 1.21. The van der Waals surface area contributed by atoms with Crippen molar-refractivity contribution < 1.29 is 0 Å². The van der Waals surface area contributed by atoms with Crippen LogP contribution in [-0.2, 0) is 13.0 Å². The minimum absolute atomic E-state index is 0.430. The molecule has 1 aromatic carbocycles. The number of rotatable bonds is 5. The lowest BCUT2D eigenvalue weighted by Gasteiger charge is -2.13. The molecule has 1 heterocycles. The van der Waals surface area contributed by atoms with Crippen LogP contribution in [0.25, 0.3) is 0 Å². The summed E-state index contributed by atoms with van der Waals surface area (Å²) in [4.78, 5) is 2.70. The third-order valence-corrected chi connectivity index (χ3v) is 5.34. The molecular formula is C15H17BrClNS. The molecule has 1 atom stereocenters. The minimum Gasteiger partial charge on any atom is -0.309 e. The molecule has 1 unspecified atom stereocenters. The third kappa shape index (κ3) is 4.60. The first-order valence-electron chi connectivity index (χ1n) is 6.27. The predicted octanol–water partition coefficient (Wildman–Crippen LogP) is 5.19. The van der Waals surface area contributed by atoms with Crippen LogP contribution in [0, 0.1) is 6.92 Å². The van der Waals surface area contributed by atoms with Gasteiger partial charge < -0.3 is 5.32 Å². The summed E-state index contributed by atoms with van der Waals surface area (Å²) in [6, 6.07) is 10.7. The summed E-state index contributed by atoms with van der Waals surface area (Å²) in [5.74, 6) is 0. The van der Waals surface area contributed by atoms with Crippen LogP contribution in [0.3, 0.4) is 0 Å². The van der Waals surface area contributed by atoms with Gasteiger partial charge in [-0.25, -0.2) is 0 Å². The van der Waals surface area contributed by atoms with E-state index in [0.717, 1.165) is 18.0 Å². The largest absolute Gasteiger partial charge is 0.309 e. The van der Waals surface area contributed by atoms with Gasteiger partial charge in [-0.2, -0.15) is 0 Å². The van der Waals surface area contributed by atoms with Gasteiger partial charge >= 0.3 is 0 Å². The Balaban J connectivity index is 1.86. The summed E-state index contributed by atoms with van der Waals surface area (Å²) in [6.07, 6.45) is 0.992. The standard InChI is InChI=1S/C15H17BrClNS/c1-10(6-12-4-3-5-13(17)7-12)18-9-14-8-15(16)11(2)19-14/h3-5,7-8,10,18H,6,9H2,1-2H3. The van der Waals surface area contributed by atoms with E-state index in [1.807, 2.05) is 29.5 Å². The van der Waals surface area contributed by atoms with Gasteiger partial charge in [-0.3, -0.25) is 0 Å². The van der Waals surface area contributed by atoms with E-state index in [0.29, 0.717) is 6.04 Å². The van der Waals surface area contributed by atoms with Crippen molar-refractivity contribution in [1.29, 1.82) is 0 Å². The highest BCUT2D eigenvalue weighted by molar-refractivity contribution is 9.10. The van der Waals surface area contributed by atoms with Crippen molar-refractivity contribution in [3.8, 4) is 0 Å². The van der Waals surface area contributed by atoms with Crippen molar-refractivity contribution in [1.82, 2.24) is 5.32 Å². The molecule has 0 aliphatic rings. The molecule has 0 radical (unpaired) electrons. The number of nitrogens with one attached hydrogen (secondary N) is 1. The molecular weight excluding hydrogens is 342 g/mol. The van der Waals surface area contributed by atoms with Gasteiger partial charge in [-0.15, -0.1) is 11.3 Å². The summed E-state index contributed by atoms with van der Waals surface area (Å²) in [6.45, 7) is 5.25. The van der Waals surface area contributed by atoms with E-state index >= 15 is 0 Å². The maximum atomic E-state index is 6.00. The van der Waals surface area contributed by atoms with E-state index in [9.17, 15) is 0 Å². The monoisotopic (exact) mass is 357 g/mol. The summed E-state index contributed by atoms with van der Waals surface area (Å²) >= 11 is 11.4. The lowest BCUT2D eigenvalue weighted by Crippen LogP contribution is -2.27.